The van der Waals surface area contributed by atoms with E-state index in [0.29, 0.717) is 17.9 Å². The number of amides is 1. The fraction of sp³-hybridized carbons (Fsp3) is 0.269. The van der Waals surface area contributed by atoms with Crippen molar-refractivity contribution in [2.24, 2.45) is 0 Å². The molecule has 4 nitrogen and oxygen atoms in total. The summed E-state index contributed by atoms with van der Waals surface area (Å²) >= 11 is 0. The molecular formula is C26H28N2O2. The van der Waals surface area contributed by atoms with Gasteiger partial charge in [-0.15, -0.1) is 0 Å². The largest absolute Gasteiger partial charge is 0.487 e. The molecule has 0 radical (unpaired) electrons. The van der Waals surface area contributed by atoms with Crippen LogP contribution in [0.15, 0.2) is 72.8 Å². The Hall–Kier alpha value is -3.11. The van der Waals surface area contributed by atoms with Gasteiger partial charge >= 0.3 is 0 Å². The second kappa shape index (κ2) is 9.14. The molecule has 0 aromatic heterocycles. The number of ether oxygens (including phenoxy) is 1. The Morgan fingerprint density at radius 3 is 2.43 bits per heavy atom. The maximum atomic E-state index is 12.7. The number of rotatable bonds is 7. The van der Waals surface area contributed by atoms with Crippen LogP contribution in [0.3, 0.4) is 0 Å². The lowest BCUT2D eigenvalue weighted by Crippen LogP contribution is -2.53. The molecule has 0 atom stereocenters. The Bertz CT molecular complexity index is 1010. The molecule has 1 saturated heterocycles. The molecule has 1 aliphatic rings. The van der Waals surface area contributed by atoms with Crippen molar-refractivity contribution >= 4 is 5.91 Å². The van der Waals surface area contributed by atoms with Crippen LogP contribution in [0, 0.1) is 13.8 Å². The van der Waals surface area contributed by atoms with E-state index in [-0.39, 0.29) is 12.0 Å². The zero-order valence-corrected chi connectivity index (χ0v) is 17.6. The minimum absolute atomic E-state index is 0.110. The predicted molar refractivity (Wildman–Crippen MR) is 120 cm³/mol. The summed E-state index contributed by atoms with van der Waals surface area (Å²) in [6.45, 7) is 7.46. The first-order valence-corrected chi connectivity index (χ1v) is 10.4. The van der Waals surface area contributed by atoms with Crippen molar-refractivity contribution in [1.82, 2.24) is 10.2 Å². The van der Waals surface area contributed by atoms with Crippen LogP contribution >= 0.6 is 0 Å². The topological polar surface area (TPSA) is 41.6 Å². The highest BCUT2D eigenvalue weighted by Crippen LogP contribution is 2.24. The van der Waals surface area contributed by atoms with Crippen LogP contribution < -0.4 is 10.1 Å². The van der Waals surface area contributed by atoms with Gasteiger partial charge in [-0.3, -0.25) is 9.69 Å². The van der Waals surface area contributed by atoms with Gasteiger partial charge in [0.25, 0.3) is 5.91 Å². The maximum Gasteiger partial charge on any atom is 0.255 e. The number of para-hydroxylation sites is 1. The summed E-state index contributed by atoms with van der Waals surface area (Å²) in [5, 5.41) is 2.99. The van der Waals surface area contributed by atoms with E-state index in [0.717, 1.165) is 25.2 Å². The quantitative estimate of drug-likeness (QED) is 0.635. The molecule has 3 aromatic carbocycles. The van der Waals surface area contributed by atoms with E-state index in [1.165, 1.54) is 16.7 Å². The van der Waals surface area contributed by atoms with E-state index in [9.17, 15) is 4.79 Å². The van der Waals surface area contributed by atoms with Gasteiger partial charge in [-0.05, 0) is 48.2 Å². The third kappa shape index (κ3) is 4.89. The highest BCUT2D eigenvalue weighted by atomic mass is 16.5. The monoisotopic (exact) mass is 400 g/mol. The lowest BCUT2D eigenvalue weighted by molar-refractivity contribution is 0.0140. The van der Waals surface area contributed by atoms with Crippen LogP contribution in [-0.2, 0) is 13.1 Å². The van der Waals surface area contributed by atoms with Crippen LogP contribution in [0.2, 0.25) is 0 Å². The van der Waals surface area contributed by atoms with Crippen molar-refractivity contribution in [3.8, 4) is 5.75 Å². The minimum atomic E-state index is -0.110. The van der Waals surface area contributed by atoms with Gasteiger partial charge in [0.1, 0.15) is 11.9 Å². The third-order valence-corrected chi connectivity index (χ3v) is 5.62. The molecule has 1 fully saturated rings. The van der Waals surface area contributed by atoms with Crippen molar-refractivity contribution in [3.63, 3.8) is 0 Å². The Labute approximate surface area is 178 Å². The van der Waals surface area contributed by atoms with E-state index >= 15 is 0 Å². The number of likely N-dealkylation sites (tertiary alicyclic amines) is 1. The molecule has 4 rings (SSSR count). The van der Waals surface area contributed by atoms with Crippen LogP contribution in [0.4, 0.5) is 0 Å². The molecule has 154 valence electrons. The van der Waals surface area contributed by atoms with Gasteiger partial charge < -0.3 is 10.1 Å². The average molecular weight is 401 g/mol. The fourth-order valence-electron chi connectivity index (χ4n) is 3.70. The van der Waals surface area contributed by atoms with Crippen molar-refractivity contribution in [2.45, 2.75) is 33.0 Å². The third-order valence-electron chi connectivity index (χ3n) is 5.62. The van der Waals surface area contributed by atoms with E-state index < -0.39 is 0 Å². The summed E-state index contributed by atoms with van der Waals surface area (Å²) in [5.74, 6) is 0.541. The second-order valence-electron chi connectivity index (χ2n) is 8.02. The Balaban J connectivity index is 1.31. The van der Waals surface area contributed by atoms with Crippen molar-refractivity contribution in [2.75, 3.05) is 13.1 Å². The number of hydrogen-bond acceptors (Lipinski definition) is 3. The normalized spacial score (nSPS) is 14.2. The molecule has 0 bridgehead atoms. The van der Waals surface area contributed by atoms with E-state index in [4.69, 9.17) is 4.74 Å². The zero-order valence-electron chi connectivity index (χ0n) is 17.6. The number of hydrogen-bond donors (Lipinski definition) is 1. The molecule has 1 heterocycles. The molecular weight excluding hydrogens is 372 g/mol. The summed E-state index contributed by atoms with van der Waals surface area (Å²) in [6.07, 6.45) is 0.111. The number of nitrogens with one attached hydrogen (secondary N) is 1. The molecule has 3 aromatic rings. The fourth-order valence-corrected chi connectivity index (χ4v) is 3.70. The summed E-state index contributed by atoms with van der Waals surface area (Å²) in [7, 11) is 0. The van der Waals surface area contributed by atoms with Gasteiger partial charge in [0, 0.05) is 26.2 Å². The first-order chi connectivity index (χ1) is 14.6. The zero-order chi connectivity index (χ0) is 20.9. The maximum absolute atomic E-state index is 12.7. The summed E-state index contributed by atoms with van der Waals surface area (Å²) < 4.78 is 6.16. The summed E-state index contributed by atoms with van der Waals surface area (Å²) in [6, 6.07) is 24.0. The molecule has 30 heavy (non-hydrogen) atoms. The molecule has 1 N–H and O–H groups in total. The minimum Gasteiger partial charge on any atom is -0.487 e. The Kier molecular flexibility index (Phi) is 6.15. The van der Waals surface area contributed by atoms with E-state index in [1.54, 1.807) is 0 Å². The molecule has 4 heteroatoms. The van der Waals surface area contributed by atoms with Crippen LogP contribution in [-0.4, -0.2) is 30.0 Å². The summed E-state index contributed by atoms with van der Waals surface area (Å²) in [5.41, 5.74) is 5.64. The molecule has 0 aliphatic carbocycles. The predicted octanol–water partition coefficient (Wildman–Crippen LogP) is 4.50. The first-order valence-electron chi connectivity index (χ1n) is 10.4. The van der Waals surface area contributed by atoms with Gasteiger partial charge in [-0.25, -0.2) is 0 Å². The number of nitrogens with zero attached hydrogens (tertiary/aromatic N) is 1. The molecule has 1 aliphatic heterocycles. The summed E-state index contributed by atoms with van der Waals surface area (Å²) in [4.78, 5) is 15.1. The van der Waals surface area contributed by atoms with E-state index in [1.807, 2.05) is 54.6 Å². The number of carbonyl (C=O) groups is 1. The van der Waals surface area contributed by atoms with Crippen molar-refractivity contribution in [3.05, 3.63) is 101 Å². The van der Waals surface area contributed by atoms with E-state index in [2.05, 4.69) is 42.3 Å². The Morgan fingerprint density at radius 1 is 0.933 bits per heavy atom. The molecule has 0 unspecified atom stereocenters. The van der Waals surface area contributed by atoms with Crippen LogP contribution in [0.25, 0.3) is 0 Å². The average Bonchev–Trinajstić information content (AvgIpc) is 2.74. The van der Waals surface area contributed by atoms with Crippen LogP contribution in [0.1, 0.15) is 32.6 Å². The molecule has 0 spiro atoms. The Morgan fingerprint density at radius 2 is 1.67 bits per heavy atom. The molecule has 0 saturated carbocycles. The number of aryl methyl sites for hydroxylation is 2. The van der Waals surface area contributed by atoms with Crippen molar-refractivity contribution in [1.29, 1.82) is 0 Å². The van der Waals surface area contributed by atoms with Crippen LogP contribution in [0.5, 0.6) is 5.75 Å². The van der Waals surface area contributed by atoms with Gasteiger partial charge in [0.2, 0.25) is 0 Å². The highest BCUT2D eigenvalue weighted by Gasteiger charge is 2.29. The second-order valence-corrected chi connectivity index (χ2v) is 8.02. The van der Waals surface area contributed by atoms with Gasteiger partial charge in [-0.2, -0.15) is 0 Å². The van der Waals surface area contributed by atoms with Gasteiger partial charge in [-0.1, -0.05) is 60.7 Å². The first kappa shape index (κ1) is 20.2. The SMILES string of the molecule is Cc1ccc(CN2CC(Oc3ccccc3C(=O)NCc3ccccc3)C2)cc1C. The molecule has 1 amide bonds. The smallest absolute Gasteiger partial charge is 0.255 e. The lowest BCUT2D eigenvalue weighted by atomic mass is 10.0. The lowest BCUT2D eigenvalue weighted by Gasteiger charge is -2.39. The van der Waals surface area contributed by atoms with Gasteiger partial charge in [0.05, 0.1) is 5.56 Å². The standard InChI is InChI=1S/C26H28N2O2/c1-19-12-13-22(14-20(19)2)16-28-17-23(18-28)30-25-11-7-6-10-24(25)26(29)27-15-21-8-4-3-5-9-21/h3-14,23H,15-18H2,1-2H3,(H,27,29). The number of carbonyl (C=O) groups excluding carboxylic acids is 1. The van der Waals surface area contributed by atoms with Crippen molar-refractivity contribution < 1.29 is 9.53 Å². The van der Waals surface area contributed by atoms with Gasteiger partial charge in [0.15, 0.2) is 0 Å². The number of benzene rings is 3. The highest BCUT2D eigenvalue weighted by molar-refractivity contribution is 5.96.